The minimum atomic E-state index is -0.850. The molecule has 0 amide bonds. The number of unbranched alkanes of at least 4 members (excludes halogenated alkanes) is 8. The Labute approximate surface area is 289 Å². The zero-order valence-electron chi connectivity index (χ0n) is 32.3. The number of hydrogen-bond donors (Lipinski definition) is 3. The van der Waals surface area contributed by atoms with Crippen LogP contribution >= 0.6 is 0 Å². The second-order valence-electron chi connectivity index (χ2n) is 19.4. The van der Waals surface area contributed by atoms with Gasteiger partial charge in [0, 0.05) is 11.8 Å². The van der Waals surface area contributed by atoms with E-state index in [2.05, 4.69) is 41.5 Å². The number of aliphatic hydroxyl groups excluding tert-OH is 1. The number of aliphatic hydroxyl groups is 3. The molecule has 4 fully saturated rings. The molecule has 0 aromatic rings. The van der Waals surface area contributed by atoms with Gasteiger partial charge < -0.3 is 20.1 Å². The predicted molar refractivity (Wildman–Crippen MR) is 193 cm³/mol. The van der Waals surface area contributed by atoms with Crippen molar-refractivity contribution in [2.24, 2.45) is 45.3 Å². The molecule has 0 aliphatic heterocycles. The number of ether oxygens (including phenoxy) is 1. The molecule has 0 spiro atoms. The van der Waals surface area contributed by atoms with E-state index >= 15 is 0 Å². The van der Waals surface area contributed by atoms with Crippen molar-refractivity contribution >= 4 is 5.97 Å². The van der Waals surface area contributed by atoms with E-state index in [0.717, 1.165) is 64.2 Å². The first-order valence-corrected chi connectivity index (χ1v) is 20.2. The summed E-state index contributed by atoms with van der Waals surface area (Å²) in [7, 11) is 0. The van der Waals surface area contributed by atoms with Crippen molar-refractivity contribution in [1.29, 1.82) is 0 Å². The van der Waals surface area contributed by atoms with E-state index in [-0.39, 0.29) is 45.6 Å². The third-order valence-electron chi connectivity index (χ3n) is 15.4. The van der Waals surface area contributed by atoms with Crippen LogP contribution in [0, 0.1) is 45.3 Å². The van der Waals surface area contributed by atoms with Crippen molar-refractivity contribution in [1.82, 2.24) is 0 Å². The molecular formula is C42H76O5. The number of rotatable bonds is 16. The molecule has 0 heterocycles. The Hall–Kier alpha value is -0.650. The van der Waals surface area contributed by atoms with Crippen molar-refractivity contribution in [2.75, 3.05) is 0 Å². The van der Waals surface area contributed by atoms with Gasteiger partial charge in [-0.05, 0) is 131 Å². The maximum atomic E-state index is 13.1. The Morgan fingerprint density at radius 2 is 1.34 bits per heavy atom. The van der Waals surface area contributed by atoms with Gasteiger partial charge in [-0.3, -0.25) is 4.79 Å². The lowest BCUT2D eigenvalue weighted by molar-refractivity contribution is -0.249. The van der Waals surface area contributed by atoms with E-state index in [1.54, 1.807) is 0 Å². The van der Waals surface area contributed by atoms with E-state index in [1.165, 1.54) is 44.9 Å². The molecule has 0 aromatic carbocycles. The quantitative estimate of drug-likeness (QED) is 0.113. The highest BCUT2D eigenvalue weighted by Gasteiger charge is 2.71. The van der Waals surface area contributed by atoms with Crippen LogP contribution in [-0.2, 0) is 9.53 Å². The maximum absolute atomic E-state index is 13.1. The van der Waals surface area contributed by atoms with E-state index < -0.39 is 17.3 Å². The van der Waals surface area contributed by atoms with Crippen molar-refractivity contribution in [3.8, 4) is 0 Å². The lowest BCUT2D eigenvalue weighted by atomic mass is 9.35. The summed E-state index contributed by atoms with van der Waals surface area (Å²) in [5.41, 5.74) is -1.53. The van der Waals surface area contributed by atoms with Crippen LogP contribution < -0.4 is 0 Å². The average Bonchev–Trinajstić information content (AvgIpc) is 3.35. The molecule has 5 nitrogen and oxygen atoms in total. The molecule has 0 unspecified atom stereocenters. The molecule has 10 atom stereocenters. The molecule has 4 aliphatic rings. The van der Waals surface area contributed by atoms with Gasteiger partial charge in [-0.15, -0.1) is 0 Å². The predicted octanol–water partition coefficient (Wildman–Crippen LogP) is 10.2. The van der Waals surface area contributed by atoms with Crippen LogP contribution in [0.2, 0.25) is 0 Å². The van der Waals surface area contributed by atoms with E-state index in [0.29, 0.717) is 31.1 Å². The lowest BCUT2D eigenvalue weighted by Gasteiger charge is -2.70. The van der Waals surface area contributed by atoms with Crippen molar-refractivity contribution in [3.05, 3.63) is 0 Å². The molecule has 274 valence electrons. The normalized spacial score (nSPS) is 39.4. The van der Waals surface area contributed by atoms with Crippen molar-refractivity contribution in [3.63, 3.8) is 0 Å². The largest absolute Gasteiger partial charge is 0.462 e. The standard InChI is InChI=1S/C42H76O5/c1-10-11-12-13-14-15-16-17-18-20-35(44)47-34-23-26-39(6)32(38(34,4)5)22-28-40(7)33(39)29-31(43)36-30(21-27-41(36,40)8)42(9,46)25-19-24-37(2,3)45/h30-34,36,43,45-46H,10-29H2,1-9H3/t30-,31+,32-,33+,34-,36-,39-,40+,41+,42+/m0/s1. The molecule has 4 rings (SSSR count). The van der Waals surface area contributed by atoms with Crippen LogP contribution in [-0.4, -0.2) is 44.7 Å². The summed E-state index contributed by atoms with van der Waals surface area (Å²) in [4.78, 5) is 13.1. The van der Waals surface area contributed by atoms with Gasteiger partial charge >= 0.3 is 5.97 Å². The van der Waals surface area contributed by atoms with E-state index in [1.807, 2.05) is 20.8 Å². The number of carbonyl (C=O) groups excluding carboxylic acids is 1. The molecule has 47 heavy (non-hydrogen) atoms. The van der Waals surface area contributed by atoms with Crippen molar-refractivity contribution < 1.29 is 24.9 Å². The van der Waals surface area contributed by atoms with Gasteiger partial charge in [0.1, 0.15) is 6.10 Å². The molecule has 5 heteroatoms. The highest BCUT2D eigenvalue weighted by Crippen LogP contribution is 2.76. The summed E-state index contributed by atoms with van der Waals surface area (Å²) in [6.07, 6.45) is 20.5. The topological polar surface area (TPSA) is 87.0 Å². The number of esters is 1. The summed E-state index contributed by atoms with van der Waals surface area (Å²) < 4.78 is 6.32. The first kappa shape index (κ1) is 39.1. The van der Waals surface area contributed by atoms with Gasteiger partial charge in [0.15, 0.2) is 0 Å². The Balaban J connectivity index is 1.38. The summed E-state index contributed by atoms with van der Waals surface area (Å²) in [6.45, 7) is 20.1. The van der Waals surface area contributed by atoms with E-state index in [4.69, 9.17) is 4.74 Å². The zero-order chi connectivity index (χ0) is 34.9. The molecule has 0 radical (unpaired) electrons. The fraction of sp³-hybridized carbons (Fsp3) is 0.976. The highest BCUT2D eigenvalue weighted by atomic mass is 16.5. The van der Waals surface area contributed by atoms with Crippen LogP contribution in [0.15, 0.2) is 0 Å². The smallest absolute Gasteiger partial charge is 0.306 e. The Morgan fingerprint density at radius 3 is 1.96 bits per heavy atom. The van der Waals surface area contributed by atoms with E-state index in [9.17, 15) is 20.1 Å². The van der Waals surface area contributed by atoms with Crippen LogP contribution in [0.1, 0.15) is 191 Å². The molecular weight excluding hydrogens is 584 g/mol. The van der Waals surface area contributed by atoms with Crippen LogP contribution in [0.3, 0.4) is 0 Å². The van der Waals surface area contributed by atoms with Gasteiger partial charge in [-0.1, -0.05) is 92.9 Å². The maximum Gasteiger partial charge on any atom is 0.306 e. The SMILES string of the molecule is CCCCCCCCCCCC(=O)O[C@H]1CC[C@]2(C)[C@H]3C[C@@H](O)[C@@H]4[C@@H]([C@](C)(O)CCCC(C)(C)O)CC[C@@]4(C)[C@]3(C)CC[C@H]2C1(C)C. The highest BCUT2D eigenvalue weighted by molar-refractivity contribution is 5.69. The molecule has 0 saturated heterocycles. The minimum absolute atomic E-state index is 0.00897. The van der Waals surface area contributed by atoms with Crippen LogP contribution in [0.25, 0.3) is 0 Å². The monoisotopic (exact) mass is 661 g/mol. The van der Waals surface area contributed by atoms with Gasteiger partial charge in [0.05, 0.1) is 17.3 Å². The van der Waals surface area contributed by atoms with Gasteiger partial charge in [0.25, 0.3) is 0 Å². The molecule has 0 aromatic heterocycles. The minimum Gasteiger partial charge on any atom is -0.462 e. The summed E-state index contributed by atoms with van der Waals surface area (Å²) in [5, 5.41) is 34.2. The first-order chi connectivity index (χ1) is 21.8. The molecule has 4 aliphatic carbocycles. The molecule has 0 bridgehead atoms. The third kappa shape index (κ3) is 7.98. The fourth-order valence-electron chi connectivity index (χ4n) is 12.5. The second-order valence-corrected chi connectivity index (χ2v) is 19.4. The summed E-state index contributed by atoms with van der Waals surface area (Å²) in [6, 6.07) is 0. The van der Waals surface area contributed by atoms with Gasteiger partial charge in [-0.2, -0.15) is 0 Å². The van der Waals surface area contributed by atoms with Gasteiger partial charge in [-0.25, -0.2) is 0 Å². The Bertz CT molecular complexity index is 1030. The third-order valence-corrected chi connectivity index (χ3v) is 15.4. The summed E-state index contributed by atoms with van der Waals surface area (Å²) in [5.74, 6) is 1.01. The fourth-order valence-corrected chi connectivity index (χ4v) is 12.5. The second kappa shape index (κ2) is 14.9. The number of carbonyl (C=O) groups is 1. The summed E-state index contributed by atoms with van der Waals surface area (Å²) >= 11 is 0. The van der Waals surface area contributed by atoms with Crippen molar-refractivity contribution in [2.45, 2.75) is 214 Å². The number of hydrogen-bond acceptors (Lipinski definition) is 5. The lowest BCUT2D eigenvalue weighted by Crippen LogP contribution is -2.66. The zero-order valence-corrected chi connectivity index (χ0v) is 32.3. The molecule has 3 N–H and O–H groups in total. The first-order valence-electron chi connectivity index (χ1n) is 20.2. The Morgan fingerprint density at radius 1 is 0.745 bits per heavy atom. The molecule has 4 saturated carbocycles. The Kier molecular flexibility index (Phi) is 12.4. The van der Waals surface area contributed by atoms with Gasteiger partial charge in [0.2, 0.25) is 0 Å². The number of fused-ring (bicyclic) bond motifs is 5. The average molecular weight is 661 g/mol. The van der Waals surface area contributed by atoms with Crippen LogP contribution in [0.4, 0.5) is 0 Å². The van der Waals surface area contributed by atoms with Crippen LogP contribution in [0.5, 0.6) is 0 Å².